The molecular weight excluding hydrogens is 366 g/mol. The van der Waals surface area contributed by atoms with Crippen molar-refractivity contribution < 1.29 is 17.4 Å². The fourth-order valence-corrected chi connectivity index (χ4v) is 3.18. The van der Waals surface area contributed by atoms with E-state index in [1.54, 1.807) is 11.0 Å². The monoisotopic (exact) mass is 399 g/mol. The molecule has 0 bridgehead atoms. The molecule has 0 aromatic heterocycles. The van der Waals surface area contributed by atoms with Gasteiger partial charge in [-0.1, -0.05) is 6.07 Å². The van der Waals surface area contributed by atoms with Crippen molar-refractivity contribution in [2.75, 3.05) is 24.2 Å². The van der Waals surface area contributed by atoms with Crippen LogP contribution in [-0.4, -0.2) is 50.8 Å². The van der Waals surface area contributed by atoms with Gasteiger partial charge < -0.3 is 19.3 Å². The molecule has 1 aromatic carbocycles. The first kappa shape index (κ1) is 23.1. The molecule has 1 rings (SSSR count). The zero-order valence-corrected chi connectivity index (χ0v) is 18.3. The van der Waals surface area contributed by atoms with Gasteiger partial charge in [0.1, 0.15) is 5.75 Å². The Kier molecular flexibility index (Phi) is 8.40. The van der Waals surface area contributed by atoms with Gasteiger partial charge in [-0.2, -0.15) is 8.42 Å². The number of nitrogens with one attached hydrogen (secondary N) is 1. The van der Waals surface area contributed by atoms with Gasteiger partial charge in [-0.3, -0.25) is 0 Å². The van der Waals surface area contributed by atoms with Crippen molar-refractivity contribution in [1.29, 1.82) is 0 Å². The Morgan fingerprint density at radius 1 is 1.15 bits per heavy atom. The highest BCUT2D eigenvalue weighted by molar-refractivity contribution is 7.86. The summed E-state index contributed by atoms with van der Waals surface area (Å²) in [5.74, 6) is 0.255. The number of rotatable bonds is 9. The number of benzene rings is 1. The van der Waals surface area contributed by atoms with Gasteiger partial charge in [0.25, 0.3) is 0 Å². The molecule has 0 unspecified atom stereocenters. The average molecular weight is 400 g/mol. The highest BCUT2D eigenvalue weighted by atomic mass is 32.2. The van der Waals surface area contributed by atoms with E-state index in [0.29, 0.717) is 5.56 Å². The molecule has 7 nitrogen and oxygen atoms in total. The van der Waals surface area contributed by atoms with E-state index < -0.39 is 10.1 Å². The lowest BCUT2D eigenvalue weighted by Crippen LogP contribution is -2.45. The molecule has 8 heteroatoms. The van der Waals surface area contributed by atoms with Gasteiger partial charge in [-0.25, -0.2) is 4.79 Å². The van der Waals surface area contributed by atoms with E-state index in [-0.39, 0.29) is 30.4 Å². The molecule has 0 radical (unpaired) electrons. The van der Waals surface area contributed by atoms with E-state index in [2.05, 4.69) is 10.2 Å². The second-order valence-corrected chi connectivity index (χ2v) is 8.65. The molecule has 1 N–H and O–H groups in total. The quantitative estimate of drug-likeness (QED) is 0.645. The van der Waals surface area contributed by atoms with Crippen molar-refractivity contribution in [1.82, 2.24) is 10.2 Å². The van der Waals surface area contributed by atoms with Gasteiger partial charge in [-0.05, 0) is 47.6 Å². The van der Waals surface area contributed by atoms with Crippen LogP contribution in [0.2, 0.25) is 0 Å². The Morgan fingerprint density at radius 2 is 1.74 bits per heavy atom. The standard InChI is InChI=1S/C19H33N3O4S/c1-8-21(9-2)17-11-10-16(18(12-17)26-27(7,24)25)13-22(15(5)6)19(23)20-14(3)4/h10-12,14-15H,8-9,13H2,1-7H3,(H,20,23). The van der Waals surface area contributed by atoms with Crippen LogP contribution in [0.1, 0.15) is 47.1 Å². The molecule has 0 spiro atoms. The highest BCUT2D eigenvalue weighted by Gasteiger charge is 2.21. The number of hydrogen-bond donors (Lipinski definition) is 1. The van der Waals surface area contributed by atoms with E-state index >= 15 is 0 Å². The molecule has 2 amide bonds. The molecular formula is C19H33N3O4S. The molecule has 0 heterocycles. The minimum absolute atomic E-state index is 0.00975. The third-order valence-corrected chi connectivity index (χ3v) is 4.54. The number of nitrogens with zero attached hydrogens (tertiary/aromatic N) is 2. The summed E-state index contributed by atoms with van der Waals surface area (Å²) in [6.07, 6.45) is 1.02. The van der Waals surface area contributed by atoms with Gasteiger partial charge in [0.2, 0.25) is 0 Å². The van der Waals surface area contributed by atoms with Crippen LogP contribution >= 0.6 is 0 Å². The third kappa shape index (κ3) is 7.28. The molecule has 154 valence electrons. The van der Waals surface area contributed by atoms with Gasteiger partial charge in [-0.15, -0.1) is 0 Å². The molecule has 27 heavy (non-hydrogen) atoms. The van der Waals surface area contributed by atoms with Crippen LogP contribution in [-0.2, 0) is 16.7 Å². The summed E-state index contributed by atoms with van der Waals surface area (Å²) in [5, 5.41) is 2.88. The second kappa shape index (κ2) is 9.82. The van der Waals surface area contributed by atoms with Crippen molar-refractivity contribution in [2.24, 2.45) is 0 Å². The SMILES string of the molecule is CCN(CC)c1ccc(CN(C(=O)NC(C)C)C(C)C)c(OS(C)(=O)=O)c1. The molecule has 0 aliphatic rings. The maximum absolute atomic E-state index is 12.5. The van der Waals surface area contributed by atoms with Crippen LogP contribution in [0.4, 0.5) is 10.5 Å². The Morgan fingerprint density at radius 3 is 2.19 bits per heavy atom. The van der Waals surface area contributed by atoms with Crippen LogP contribution in [0.3, 0.4) is 0 Å². The molecule has 1 aromatic rings. The maximum Gasteiger partial charge on any atom is 0.318 e. The number of hydrogen-bond acceptors (Lipinski definition) is 5. The largest absolute Gasteiger partial charge is 0.382 e. The Hall–Kier alpha value is -1.96. The summed E-state index contributed by atoms with van der Waals surface area (Å²) in [6.45, 7) is 13.5. The fraction of sp³-hybridized carbons (Fsp3) is 0.632. The predicted molar refractivity (Wildman–Crippen MR) is 110 cm³/mol. The molecule has 0 saturated heterocycles. The topological polar surface area (TPSA) is 79.0 Å². The van der Waals surface area contributed by atoms with Crippen molar-refractivity contribution in [2.45, 2.75) is 60.2 Å². The number of carbonyl (C=O) groups is 1. The minimum atomic E-state index is -3.69. The second-order valence-electron chi connectivity index (χ2n) is 7.08. The molecule has 0 aliphatic carbocycles. The smallest absolute Gasteiger partial charge is 0.318 e. The van der Waals surface area contributed by atoms with Crippen LogP contribution in [0, 0.1) is 0 Å². The van der Waals surface area contributed by atoms with Gasteiger partial charge >= 0.3 is 16.1 Å². The van der Waals surface area contributed by atoms with Crippen molar-refractivity contribution in [3.05, 3.63) is 23.8 Å². The fourth-order valence-electron chi connectivity index (χ4n) is 2.70. The molecule has 0 atom stereocenters. The maximum atomic E-state index is 12.5. The van der Waals surface area contributed by atoms with Crippen molar-refractivity contribution in [3.8, 4) is 5.75 Å². The first-order chi connectivity index (χ1) is 12.5. The molecule has 0 fully saturated rings. The van der Waals surface area contributed by atoms with Crippen molar-refractivity contribution in [3.63, 3.8) is 0 Å². The lowest BCUT2D eigenvalue weighted by Gasteiger charge is -2.29. The summed E-state index contributed by atoms with van der Waals surface area (Å²) in [7, 11) is -3.69. The molecule has 0 saturated carbocycles. The van der Waals surface area contributed by atoms with Gasteiger partial charge in [0, 0.05) is 42.5 Å². The highest BCUT2D eigenvalue weighted by Crippen LogP contribution is 2.28. The minimum Gasteiger partial charge on any atom is -0.382 e. The summed E-state index contributed by atoms with van der Waals surface area (Å²) >= 11 is 0. The van der Waals surface area contributed by atoms with Crippen LogP contribution in [0.5, 0.6) is 5.75 Å². The summed E-state index contributed by atoms with van der Waals surface area (Å²) in [4.78, 5) is 16.3. The summed E-state index contributed by atoms with van der Waals surface area (Å²) in [6, 6.07) is 5.23. The van der Waals surface area contributed by atoms with Crippen LogP contribution in [0.25, 0.3) is 0 Å². The van der Waals surface area contributed by atoms with Crippen LogP contribution in [0.15, 0.2) is 18.2 Å². The normalized spacial score (nSPS) is 11.6. The van der Waals surface area contributed by atoms with Gasteiger partial charge in [0.15, 0.2) is 0 Å². The Bertz CT molecular complexity index is 728. The first-order valence-corrected chi connectivity index (χ1v) is 11.1. The van der Waals surface area contributed by atoms with E-state index in [1.807, 2.05) is 53.7 Å². The van der Waals surface area contributed by atoms with E-state index in [0.717, 1.165) is 25.0 Å². The predicted octanol–water partition coefficient (Wildman–Crippen LogP) is 3.20. The number of carbonyl (C=O) groups excluding carboxylic acids is 1. The van der Waals surface area contributed by atoms with E-state index in [1.165, 1.54) is 0 Å². The third-order valence-electron chi connectivity index (χ3n) is 4.06. The average Bonchev–Trinajstić information content (AvgIpc) is 2.52. The number of urea groups is 1. The summed E-state index contributed by atoms with van der Waals surface area (Å²) < 4.78 is 28.7. The Labute approximate surface area is 163 Å². The van der Waals surface area contributed by atoms with E-state index in [4.69, 9.17) is 4.18 Å². The zero-order valence-electron chi connectivity index (χ0n) is 17.4. The Balaban J connectivity index is 3.28. The van der Waals surface area contributed by atoms with Crippen molar-refractivity contribution >= 4 is 21.8 Å². The van der Waals surface area contributed by atoms with Gasteiger partial charge in [0.05, 0.1) is 12.8 Å². The first-order valence-electron chi connectivity index (χ1n) is 9.32. The number of anilines is 1. The zero-order chi connectivity index (χ0) is 20.8. The lowest BCUT2D eigenvalue weighted by atomic mass is 10.1. The lowest BCUT2D eigenvalue weighted by molar-refractivity contribution is 0.177. The van der Waals surface area contributed by atoms with E-state index in [9.17, 15) is 13.2 Å². The van der Waals surface area contributed by atoms with Crippen LogP contribution < -0.4 is 14.4 Å². The summed E-state index contributed by atoms with van der Waals surface area (Å²) in [5.41, 5.74) is 1.52. The number of amides is 2. The molecule has 0 aliphatic heterocycles.